The molecule has 0 radical (unpaired) electrons. The Hall–Kier alpha value is -3.68. The number of aryl methyl sites for hydroxylation is 2. The predicted molar refractivity (Wildman–Crippen MR) is 128 cm³/mol. The van der Waals surface area contributed by atoms with Crippen LogP contribution in [0.15, 0.2) is 83.8 Å². The van der Waals surface area contributed by atoms with Crippen molar-refractivity contribution in [2.24, 2.45) is 7.05 Å². The van der Waals surface area contributed by atoms with E-state index in [-0.39, 0.29) is 4.90 Å². The number of rotatable bonds is 4. The first kappa shape index (κ1) is 24.0. The molecule has 0 unspecified atom stereocenters. The van der Waals surface area contributed by atoms with E-state index in [2.05, 4.69) is 60.2 Å². The Morgan fingerprint density at radius 1 is 0.939 bits per heavy atom. The van der Waals surface area contributed by atoms with E-state index in [4.69, 9.17) is 4.74 Å². The Kier molecular flexibility index (Phi) is 7.48. The summed E-state index contributed by atoms with van der Waals surface area (Å²) in [6, 6.07) is 23.5. The lowest BCUT2D eigenvalue weighted by molar-refractivity contribution is -0.646. The van der Waals surface area contributed by atoms with Gasteiger partial charge in [0.2, 0.25) is 11.2 Å². The van der Waals surface area contributed by atoms with Gasteiger partial charge >= 0.3 is 0 Å². The van der Waals surface area contributed by atoms with E-state index in [0.717, 1.165) is 16.8 Å². The van der Waals surface area contributed by atoms with Crippen molar-refractivity contribution in [1.29, 1.82) is 0 Å². The van der Waals surface area contributed by atoms with Crippen LogP contribution in [0.4, 0.5) is 0 Å². The highest BCUT2D eigenvalue weighted by Gasteiger charge is 2.08. The number of hydrogen-bond donors (Lipinski definition) is 1. The average Bonchev–Trinajstić information content (AvgIpc) is 2.81. The van der Waals surface area contributed by atoms with Crippen LogP contribution >= 0.6 is 0 Å². The fourth-order valence-corrected chi connectivity index (χ4v) is 3.70. The molecule has 1 N–H and O–H groups in total. The normalized spacial score (nSPS) is 11.3. The highest BCUT2D eigenvalue weighted by Crippen LogP contribution is 2.19. The van der Waals surface area contributed by atoms with Gasteiger partial charge in [0, 0.05) is 23.6 Å². The van der Waals surface area contributed by atoms with E-state index in [1.54, 1.807) is 6.07 Å². The Labute approximate surface area is 193 Å². The van der Waals surface area contributed by atoms with E-state index < -0.39 is 10.1 Å². The fourth-order valence-electron chi connectivity index (χ4n) is 3.23. The summed E-state index contributed by atoms with van der Waals surface area (Å²) < 4.78 is 38.3. The summed E-state index contributed by atoms with van der Waals surface area (Å²) in [5, 5.41) is 10.8. The van der Waals surface area contributed by atoms with Crippen molar-refractivity contribution in [3.8, 4) is 11.5 Å². The molecule has 170 valence electrons. The van der Waals surface area contributed by atoms with Crippen molar-refractivity contribution in [2.45, 2.75) is 11.8 Å². The standard InChI is InChI=1S/C19H17NO.C7H8O4S/c1-14-13-15(8-12-19(14)21)7-10-17-11-9-16-5-3-4-6-18(16)20(17)2;1-11-6-2-4-7(5-3-6)12(8,9)10/h3-13H,1-2H3;2-5H,1H3,(H,8,9,10). The maximum absolute atomic E-state index is 10.4. The molecule has 0 saturated carbocycles. The molecule has 1 aromatic heterocycles. The molecule has 0 aliphatic rings. The molecule has 0 saturated heterocycles. The molecular weight excluding hydrogens is 438 g/mol. The van der Waals surface area contributed by atoms with Crippen molar-refractivity contribution in [2.75, 3.05) is 7.11 Å². The van der Waals surface area contributed by atoms with Crippen LogP contribution in [0.2, 0.25) is 0 Å². The second-order valence-electron chi connectivity index (χ2n) is 7.38. The molecule has 0 atom stereocenters. The van der Waals surface area contributed by atoms with Crippen molar-refractivity contribution in [3.05, 3.63) is 95.7 Å². The maximum atomic E-state index is 10.4. The van der Waals surface area contributed by atoms with Crippen LogP contribution in [0.25, 0.3) is 23.1 Å². The summed E-state index contributed by atoms with van der Waals surface area (Å²) in [6.45, 7) is 1.91. The molecule has 7 heteroatoms. The number of phenols is 1. The molecule has 33 heavy (non-hydrogen) atoms. The lowest BCUT2D eigenvalue weighted by Gasteiger charge is -2.06. The van der Waals surface area contributed by atoms with Gasteiger partial charge in [0.05, 0.1) is 12.0 Å². The van der Waals surface area contributed by atoms with E-state index in [9.17, 15) is 18.1 Å². The zero-order valence-electron chi connectivity index (χ0n) is 18.6. The average molecular weight is 464 g/mol. The van der Waals surface area contributed by atoms with Crippen LogP contribution in [0, 0.1) is 6.92 Å². The molecule has 0 fully saturated rings. The number of hydrogen-bond acceptors (Lipinski definition) is 5. The Bertz CT molecular complexity index is 1390. The zero-order valence-corrected chi connectivity index (χ0v) is 19.4. The van der Waals surface area contributed by atoms with E-state index >= 15 is 0 Å². The quantitative estimate of drug-likeness (QED) is 0.357. The molecule has 3 aromatic carbocycles. The Morgan fingerprint density at radius 3 is 2.27 bits per heavy atom. The van der Waals surface area contributed by atoms with Crippen molar-refractivity contribution >= 4 is 33.2 Å². The molecule has 0 aliphatic carbocycles. The monoisotopic (exact) mass is 463 g/mol. The lowest BCUT2D eigenvalue weighted by atomic mass is 10.1. The molecule has 0 bridgehead atoms. The van der Waals surface area contributed by atoms with Crippen molar-refractivity contribution in [1.82, 2.24) is 0 Å². The topological polar surface area (TPSA) is 90.5 Å². The summed E-state index contributed by atoms with van der Waals surface area (Å²) in [6.07, 6.45) is 4.16. The molecule has 0 spiro atoms. The van der Waals surface area contributed by atoms with Gasteiger partial charge in [0.1, 0.15) is 28.7 Å². The summed E-state index contributed by atoms with van der Waals surface area (Å²) in [7, 11) is -0.801. The first-order chi connectivity index (χ1) is 15.7. The fraction of sp³-hybridized carbons (Fsp3) is 0.115. The molecule has 6 nitrogen and oxygen atoms in total. The van der Waals surface area contributed by atoms with Crippen LogP contribution in [-0.2, 0) is 17.2 Å². The number of pyridine rings is 1. The van der Waals surface area contributed by atoms with E-state index in [0.29, 0.717) is 11.5 Å². The van der Waals surface area contributed by atoms with Gasteiger partial charge in [0.15, 0.2) is 0 Å². The first-order valence-electron chi connectivity index (χ1n) is 10.1. The molecule has 4 aromatic rings. The molecule has 0 amide bonds. The van der Waals surface area contributed by atoms with Crippen LogP contribution in [0.5, 0.6) is 11.5 Å². The van der Waals surface area contributed by atoms with E-state index in [1.165, 1.54) is 42.3 Å². The van der Waals surface area contributed by atoms with Gasteiger partial charge in [-0.3, -0.25) is 0 Å². The summed E-state index contributed by atoms with van der Waals surface area (Å²) in [5.41, 5.74) is 4.32. The first-order valence-corrected chi connectivity index (χ1v) is 11.6. The number of nitrogens with zero attached hydrogens (tertiary/aromatic N) is 1. The number of fused-ring (bicyclic) bond motifs is 1. The number of methoxy groups -OCH3 is 1. The second kappa shape index (κ2) is 10.3. The van der Waals surface area contributed by atoms with E-state index in [1.807, 2.05) is 19.1 Å². The SMILES string of the molecule is COc1ccc(S(=O)(=O)[O-])cc1.Cc1cc(C=Cc2ccc3ccccc3[n+]2C)ccc1O. The molecule has 4 rings (SSSR count). The van der Waals surface area contributed by atoms with Crippen LogP contribution in [-0.4, -0.2) is 25.2 Å². The number of aromatic nitrogens is 1. The highest BCUT2D eigenvalue weighted by molar-refractivity contribution is 7.85. The minimum Gasteiger partial charge on any atom is -0.744 e. The summed E-state index contributed by atoms with van der Waals surface area (Å²) in [5.74, 6) is 0.853. The zero-order chi connectivity index (χ0) is 24.0. The van der Waals surface area contributed by atoms with Gasteiger partial charge in [-0.2, -0.15) is 4.57 Å². The minimum absolute atomic E-state index is 0.247. The van der Waals surface area contributed by atoms with Crippen molar-refractivity contribution < 1.29 is 27.4 Å². The van der Waals surface area contributed by atoms with Gasteiger partial charge in [-0.15, -0.1) is 0 Å². The lowest BCUT2D eigenvalue weighted by Crippen LogP contribution is -2.32. The number of aromatic hydroxyl groups is 1. The third kappa shape index (κ3) is 6.19. The third-order valence-electron chi connectivity index (χ3n) is 5.13. The predicted octanol–water partition coefficient (Wildman–Crippen LogP) is 4.45. The van der Waals surface area contributed by atoms with Gasteiger partial charge in [-0.05, 0) is 72.7 Å². The smallest absolute Gasteiger partial charge is 0.212 e. The third-order valence-corrected chi connectivity index (χ3v) is 5.98. The van der Waals surface area contributed by atoms with Gasteiger partial charge in [0.25, 0.3) is 0 Å². The number of phenolic OH excluding ortho intramolecular Hbond substituents is 1. The van der Waals surface area contributed by atoms with Gasteiger partial charge < -0.3 is 14.4 Å². The van der Waals surface area contributed by atoms with Crippen LogP contribution in [0.3, 0.4) is 0 Å². The largest absolute Gasteiger partial charge is 0.744 e. The molecular formula is C26H25NO5S. The number of para-hydroxylation sites is 1. The molecule has 0 aliphatic heterocycles. The van der Waals surface area contributed by atoms with Crippen LogP contribution in [0.1, 0.15) is 16.8 Å². The number of ether oxygens (including phenoxy) is 1. The molecule has 1 heterocycles. The van der Waals surface area contributed by atoms with Crippen molar-refractivity contribution in [3.63, 3.8) is 0 Å². The maximum Gasteiger partial charge on any atom is 0.212 e. The minimum atomic E-state index is -4.33. The second-order valence-corrected chi connectivity index (χ2v) is 8.76. The Morgan fingerprint density at radius 2 is 1.64 bits per heavy atom. The highest BCUT2D eigenvalue weighted by atomic mass is 32.2. The number of benzene rings is 3. The summed E-state index contributed by atoms with van der Waals surface area (Å²) in [4.78, 5) is -0.247. The van der Waals surface area contributed by atoms with Crippen LogP contribution < -0.4 is 9.30 Å². The summed E-state index contributed by atoms with van der Waals surface area (Å²) >= 11 is 0. The van der Waals surface area contributed by atoms with Gasteiger partial charge in [-0.25, -0.2) is 8.42 Å². The van der Waals surface area contributed by atoms with Gasteiger partial charge in [-0.1, -0.05) is 18.2 Å². The Balaban J connectivity index is 0.000000218.